The first kappa shape index (κ1) is 8.69. The molecule has 1 aromatic heterocycles. The van der Waals surface area contributed by atoms with Gasteiger partial charge in [-0.3, -0.25) is 4.90 Å². The Kier molecular flexibility index (Phi) is 2.29. The Bertz CT molecular complexity index is 493. The molecule has 3 atom stereocenters. The van der Waals surface area contributed by atoms with Gasteiger partial charge in [0.2, 0.25) is 5.28 Å². The summed E-state index contributed by atoms with van der Waals surface area (Å²) in [5.41, 5.74) is 0. The minimum absolute atomic E-state index is 0.0748. The van der Waals surface area contributed by atoms with Crippen molar-refractivity contribution in [3.05, 3.63) is 17.5 Å². The summed E-state index contributed by atoms with van der Waals surface area (Å²) in [7, 11) is 0. The highest BCUT2D eigenvalue weighted by atomic mass is 35.5. The van der Waals surface area contributed by atoms with Crippen LogP contribution in [-0.4, -0.2) is 34.8 Å². The van der Waals surface area contributed by atoms with E-state index in [1.165, 1.54) is 12.3 Å². The van der Waals surface area contributed by atoms with Crippen LogP contribution in [0.1, 0.15) is 9.67 Å². The number of carbonyl (C=O) groups excluding carboxylic acids is 1. The number of aromatic nitrogens is 2. The number of rotatable bonds is 2. The molecule has 1 fully saturated rings. The molecule has 2 rings (SSSR count). The molecule has 5 nitrogen and oxygen atoms in total. The number of cyclic esters (lactones) is 1. The van der Waals surface area contributed by atoms with E-state index in [1.54, 1.807) is 0 Å². The van der Waals surface area contributed by atoms with Gasteiger partial charge >= 0.3 is 6.09 Å². The van der Waals surface area contributed by atoms with Crippen molar-refractivity contribution in [2.45, 2.75) is 19.1 Å². The first-order valence-electron chi connectivity index (χ1n) is 5.51. The highest BCUT2D eigenvalue weighted by molar-refractivity contribution is 6.28. The SMILES string of the molecule is [2H]C1OC(=O)N(c2ccnc(Cl)n2)[C@@]1([2H])[C@H](C)F. The standard InChI is InChI=1S/C9H9ClFN3O2/c1-5(11)6-4-16-9(15)14(6)7-2-3-12-8(10)13-7/h2-3,5-6H,4H2,1H3/t5-,6+/m0/s1/i4D,6D/t4?,5-,6+. The molecular formula is C9H9ClFN3O2. The van der Waals surface area contributed by atoms with Gasteiger partial charge in [-0.1, -0.05) is 0 Å². The number of hydrogen-bond acceptors (Lipinski definition) is 4. The van der Waals surface area contributed by atoms with Crippen LogP contribution in [-0.2, 0) is 4.74 Å². The van der Waals surface area contributed by atoms with Crippen LogP contribution in [0.5, 0.6) is 0 Å². The molecule has 16 heavy (non-hydrogen) atoms. The van der Waals surface area contributed by atoms with E-state index in [1.807, 2.05) is 0 Å². The summed E-state index contributed by atoms with van der Waals surface area (Å²) in [6.45, 7) is -0.592. The van der Waals surface area contributed by atoms with E-state index in [0.717, 1.165) is 6.92 Å². The summed E-state index contributed by atoms with van der Waals surface area (Å²) >= 11 is 5.58. The summed E-state index contributed by atoms with van der Waals surface area (Å²) in [6.07, 6.45) is -1.55. The third-order valence-electron chi connectivity index (χ3n) is 1.97. The molecule has 0 aliphatic carbocycles. The third-order valence-corrected chi connectivity index (χ3v) is 2.15. The van der Waals surface area contributed by atoms with Gasteiger partial charge in [0.05, 0.1) is 2.74 Å². The lowest BCUT2D eigenvalue weighted by molar-refractivity contribution is 0.174. The van der Waals surface area contributed by atoms with Crippen molar-refractivity contribution >= 4 is 23.5 Å². The fraction of sp³-hybridized carbons (Fsp3) is 0.444. The summed E-state index contributed by atoms with van der Waals surface area (Å²) in [5.74, 6) is -0.0748. The van der Waals surface area contributed by atoms with Crippen LogP contribution in [0, 0.1) is 0 Å². The molecule has 1 aliphatic heterocycles. The van der Waals surface area contributed by atoms with Gasteiger partial charge in [0.1, 0.15) is 24.6 Å². The van der Waals surface area contributed by atoms with Crippen LogP contribution >= 0.6 is 11.6 Å². The first-order chi connectivity index (χ1) is 8.37. The lowest BCUT2D eigenvalue weighted by Crippen LogP contribution is -2.39. The van der Waals surface area contributed by atoms with Crippen molar-refractivity contribution in [2.24, 2.45) is 0 Å². The predicted molar refractivity (Wildman–Crippen MR) is 55.2 cm³/mol. The number of hydrogen-bond donors (Lipinski definition) is 0. The lowest BCUT2D eigenvalue weighted by atomic mass is 10.2. The minimum atomic E-state index is -2.20. The van der Waals surface area contributed by atoms with Crippen molar-refractivity contribution in [3.8, 4) is 0 Å². The maximum atomic E-state index is 13.6. The highest BCUT2D eigenvalue weighted by Gasteiger charge is 2.38. The lowest BCUT2D eigenvalue weighted by Gasteiger charge is -2.20. The van der Waals surface area contributed by atoms with Crippen LogP contribution in [0.4, 0.5) is 15.0 Å². The molecule has 1 saturated heterocycles. The number of nitrogens with zero attached hydrogens (tertiary/aromatic N) is 3. The zero-order valence-corrected chi connectivity index (χ0v) is 8.98. The van der Waals surface area contributed by atoms with Crippen LogP contribution in [0.25, 0.3) is 0 Å². The Morgan fingerprint density at radius 1 is 1.94 bits per heavy atom. The van der Waals surface area contributed by atoms with E-state index in [2.05, 4.69) is 14.7 Å². The van der Waals surface area contributed by atoms with Crippen molar-refractivity contribution < 1.29 is 16.7 Å². The summed E-state index contributed by atoms with van der Waals surface area (Å²) < 4.78 is 33.6. The molecule has 1 unspecified atom stereocenters. The molecule has 1 aliphatic rings. The quantitative estimate of drug-likeness (QED) is 0.748. The fourth-order valence-corrected chi connectivity index (χ4v) is 1.41. The second-order valence-corrected chi connectivity index (χ2v) is 3.40. The third kappa shape index (κ3) is 1.92. The van der Waals surface area contributed by atoms with E-state index in [0.29, 0.717) is 4.90 Å². The Balaban J connectivity index is 2.50. The molecule has 2 heterocycles. The molecule has 7 heteroatoms. The van der Waals surface area contributed by atoms with E-state index >= 15 is 0 Å². The van der Waals surface area contributed by atoms with Crippen molar-refractivity contribution in [1.82, 2.24) is 9.97 Å². The highest BCUT2D eigenvalue weighted by Crippen LogP contribution is 2.24. The Labute approximate surface area is 99.0 Å². The van der Waals surface area contributed by atoms with Gasteiger partial charge in [-0.15, -0.1) is 0 Å². The van der Waals surface area contributed by atoms with Crippen LogP contribution in [0.15, 0.2) is 12.3 Å². The first-order valence-corrected chi connectivity index (χ1v) is 4.81. The van der Waals surface area contributed by atoms with Gasteiger partial charge in [0.25, 0.3) is 0 Å². The van der Waals surface area contributed by atoms with Gasteiger partial charge in [0.15, 0.2) is 0 Å². The maximum Gasteiger partial charge on any atom is 0.416 e. The van der Waals surface area contributed by atoms with Crippen LogP contribution in [0.3, 0.4) is 0 Å². The van der Waals surface area contributed by atoms with Crippen LogP contribution < -0.4 is 4.90 Å². The minimum Gasteiger partial charge on any atom is -0.447 e. The average molecular weight is 248 g/mol. The molecule has 1 aromatic rings. The number of amides is 1. The molecule has 0 bridgehead atoms. The van der Waals surface area contributed by atoms with Gasteiger partial charge in [-0.25, -0.2) is 19.2 Å². The zero-order valence-electron chi connectivity index (χ0n) is 10.2. The second kappa shape index (κ2) is 4.21. The normalized spacial score (nSPS) is 33.1. The molecule has 0 radical (unpaired) electrons. The number of halogens is 2. The second-order valence-electron chi connectivity index (χ2n) is 3.06. The summed E-state index contributed by atoms with van der Waals surface area (Å²) in [4.78, 5) is 19.6. The van der Waals surface area contributed by atoms with E-state index < -0.39 is 24.9 Å². The molecule has 0 aromatic carbocycles. The number of carbonyl (C=O) groups is 1. The molecule has 0 N–H and O–H groups in total. The summed E-state index contributed by atoms with van der Waals surface area (Å²) in [6, 6.07) is -0.911. The average Bonchev–Trinajstić information content (AvgIpc) is 2.50. The van der Waals surface area contributed by atoms with E-state index in [-0.39, 0.29) is 11.1 Å². The molecule has 1 amide bonds. The van der Waals surface area contributed by atoms with E-state index in [9.17, 15) is 9.18 Å². The van der Waals surface area contributed by atoms with E-state index in [4.69, 9.17) is 14.3 Å². The van der Waals surface area contributed by atoms with Gasteiger partial charge in [-0.2, -0.15) is 0 Å². The summed E-state index contributed by atoms with van der Waals surface area (Å²) in [5, 5.41) is -0.150. The molecule has 0 saturated carbocycles. The van der Waals surface area contributed by atoms with Gasteiger partial charge in [0, 0.05) is 6.20 Å². The number of ether oxygens (including phenoxy) is 1. The Morgan fingerprint density at radius 2 is 2.69 bits per heavy atom. The molecule has 86 valence electrons. The number of alkyl halides is 1. The monoisotopic (exact) mass is 247 g/mol. The molecular weight excluding hydrogens is 237 g/mol. The van der Waals surface area contributed by atoms with Gasteiger partial charge in [-0.05, 0) is 24.6 Å². The number of anilines is 1. The predicted octanol–water partition coefficient (Wildman–Crippen LogP) is 1.81. The van der Waals surface area contributed by atoms with Gasteiger partial charge < -0.3 is 4.74 Å². The smallest absolute Gasteiger partial charge is 0.416 e. The maximum absolute atomic E-state index is 13.6. The van der Waals surface area contributed by atoms with Crippen molar-refractivity contribution in [1.29, 1.82) is 0 Å². The fourth-order valence-electron chi connectivity index (χ4n) is 1.27. The van der Waals surface area contributed by atoms with Crippen molar-refractivity contribution in [3.63, 3.8) is 0 Å². The Hall–Kier alpha value is -1.43. The largest absolute Gasteiger partial charge is 0.447 e. The van der Waals surface area contributed by atoms with Crippen LogP contribution in [0.2, 0.25) is 5.28 Å². The van der Waals surface area contributed by atoms with Crippen molar-refractivity contribution in [2.75, 3.05) is 11.5 Å². The molecule has 0 spiro atoms. The zero-order chi connectivity index (χ0) is 13.5. The topological polar surface area (TPSA) is 55.3 Å². The Morgan fingerprint density at radius 3 is 3.31 bits per heavy atom.